The number of rotatable bonds is 2. The molecule has 80 valence electrons. The van der Waals surface area contributed by atoms with Gasteiger partial charge in [-0.25, -0.2) is 9.86 Å². The molecular weight excluding hydrogens is 188 g/mol. The number of amides is 2. The lowest BCUT2D eigenvalue weighted by atomic mass is 10.1. The van der Waals surface area contributed by atoms with Crippen molar-refractivity contribution >= 4 is 12.0 Å². The summed E-state index contributed by atoms with van der Waals surface area (Å²) in [6, 6.07) is 0. The van der Waals surface area contributed by atoms with E-state index < -0.39 is 6.09 Å². The van der Waals surface area contributed by atoms with E-state index in [-0.39, 0.29) is 18.4 Å². The molecular formula is C8H14N2O4. The van der Waals surface area contributed by atoms with Crippen molar-refractivity contribution in [2.45, 2.75) is 6.42 Å². The molecule has 0 saturated carbocycles. The maximum Gasteiger partial charge on any atom is 0.407 e. The van der Waals surface area contributed by atoms with Crippen molar-refractivity contribution in [2.75, 3.05) is 27.2 Å². The number of carboxylic acid groups (broad SMARTS) is 1. The summed E-state index contributed by atoms with van der Waals surface area (Å²) < 4.78 is 0. The highest BCUT2D eigenvalue weighted by atomic mass is 16.7. The smallest absolute Gasteiger partial charge is 0.407 e. The average molecular weight is 202 g/mol. The van der Waals surface area contributed by atoms with Crippen LogP contribution in [0.1, 0.15) is 6.42 Å². The molecule has 14 heavy (non-hydrogen) atoms. The van der Waals surface area contributed by atoms with Crippen LogP contribution >= 0.6 is 0 Å². The van der Waals surface area contributed by atoms with Crippen LogP contribution in [0, 0.1) is 5.92 Å². The van der Waals surface area contributed by atoms with E-state index >= 15 is 0 Å². The highest BCUT2D eigenvalue weighted by molar-refractivity contribution is 5.79. The molecule has 0 radical (unpaired) electrons. The molecule has 1 atom stereocenters. The van der Waals surface area contributed by atoms with E-state index in [2.05, 4.69) is 0 Å². The summed E-state index contributed by atoms with van der Waals surface area (Å²) in [5.74, 6) is -0.438. The van der Waals surface area contributed by atoms with Crippen LogP contribution in [0.5, 0.6) is 0 Å². The van der Waals surface area contributed by atoms with Gasteiger partial charge in [-0.3, -0.25) is 9.63 Å². The Morgan fingerprint density at radius 1 is 1.57 bits per heavy atom. The van der Waals surface area contributed by atoms with Crippen LogP contribution < -0.4 is 0 Å². The summed E-state index contributed by atoms with van der Waals surface area (Å²) in [4.78, 5) is 28.1. The molecule has 1 saturated heterocycles. The van der Waals surface area contributed by atoms with Crippen molar-refractivity contribution in [1.82, 2.24) is 9.96 Å². The van der Waals surface area contributed by atoms with Crippen LogP contribution in [0.3, 0.4) is 0 Å². The van der Waals surface area contributed by atoms with Gasteiger partial charge in [0.2, 0.25) is 0 Å². The van der Waals surface area contributed by atoms with E-state index in [4.69, 9.17) is 9.94 Å². The molecule has 1 aliphatic rings. The third-order valence-corrected chi connectivity index (χ3v) is 2.39. The predicted octanol–water partition coefficient (Wildman–Crippen LogP) is 0.00610. The summed E-state index contributed by atoms with van der Waals surface area (Å²) >= 11 is 0. The largest absolute Gasteiger partial charge is 0.465 e. The van der Waals surface area contributed by atoms with Crippen LogP contribution in [0.4, 0.5) is 4.79 Å². The molecule has 0 bridgehead atoms. The van der Waals surface area contributed by atoms with E-state index in [0.29, 0.717) is 13.0 Å². The Kier molecular flexibility index (Phi) is 3.29. The fourth-order valence-corrected chi connectivity index (χ4v) is 1.48. The number of nitrogens with zero attached hydrogens (tertiary/aromatic N) is 2. The highest BCUT2D eigenvalue weighted by Crippen LogP contribution is 2.18. The monoisotopic (exact) mass is 202 g/mol. The van der Waals surface area contributed by atoms with Crippen molar-refractivity contribution in [3.63, 3.8) is 0 Å². The first-order valence-corrected chi connectivity index (χ1v) is 4.35. The predicted molar refractivity (Wildman–Crippen MR) is 47.5 cm³/mol. The summed E-state index contributed by atoms with van der Waals surface area (Å²) in [5.41, 5.74) is 0. The van der Waals surface area contributed by atoms with Crippen LogP contribution in [0.15, 0.2) is 0 Å². The molecule has 0 aliphatic carbocycles. The topological polar surface area (TPSA) is 70.1 Å². The van der Waals surface area contributed by atoms with Crippen molar-refractivity contribution in [2.24, 2.45) is 5.92 Å². The van der Waals surface area contributed by atoms with E-state index in [1.165, 1.54) is 19.1 Å². The summed E-state index contributed by atoms with van der Waals surface area (Å²) in [5, 5.41) is 9.81. The number of likely N-dealkylation sites (tertiary alicyclic amines) is 1. The van der Waals surface area contributed by atoms with Gasteiger partial charge in [0.25, 0.3) is 5.91 Å². The van der Waals surface area contributed by atoms with Gasteiger partial charge in [0.05, 0.1) is 13.0 Å². The lowest BCUT2D eigenvalue weighted by Crippen LogP contribution is -2.34. The minimum absolute atomic E-state index is 0.170. The first-order valence-electron chi connectivity index (χ1n) is 4.35. The van der Waals surface area contributed by atoms with Crippen molar-refractivity contribution < 1.29 is 19.5 Å². The SMILES string of the molecule is CON(C)C(=O)C1CCN(C(=O)O)C1. The molecule has 1 heterocycles. The van der Waals surface area contributed by atoms with Gasteiger partial charge >= 0.3 is 6.09 Å². The highest BCUT2D eigenvalue weighted by Gasteiger charge is 2.32. The molecule has 0 aromatic heterocycles. The molecule has 0 spiro atoms. The van der Waals surface area contributed by atoms with Crippen LogP contribution in [0.25, 0.3) is 0 Å². The zero-order chi connectivity index (χ0) is 10.7. The normalized spacial score (nSPS) is 21.0. The lowest BCUT2D eigenvalue weighted by molar-refractivity contribution is -0.172. The number of carbonyl (C=O) groups is 2. The van der Waals surface area contributed by atoms with Crippen LogP contribution in [-0.2, 0) is 9.63 Å². The summed E-state index contributed by atoms with van der Waals surface area (Å²) in [6.07, 6.45) is -0.404. The molecule has 1 unspecified atom stereocenters. The maximum absolute atomic E-state index is 11.5. The van der Waals surface area contributed by atoms with Gasteiger partial charge in [0.15, 0.2) is 0 Å². The first-order chi connectivity index (χ1) is 6.56. The second kappa shape index (κ2) is 4.28. The second-order valence-corrected chi connectivity index (χ2v) is 3.23. The van der Waals surface area contributed by atoms with Gasteiger partial charge in [0.1, 0.15) is 0 Å². The van der Waals surface area contributed by atoms with Gasteiger partial charge in [0, 0.05) is 20.1 Å². The number of carbonyl (C=O) groups excluding carboxylic acids is 1. The van der Waals surface area contributed by atoms with Crippen molar-refractivity contribution in [3.05, 3.63) is 0 Å². The Bertz CT molecular complexity index is 243. The molecule has 2 amide bonds. The Hall–Kier alpha value is -1.30. The van der Waals surface area contributed by atoms with Crippen LogP contribution in [-0.4, -0.2) is 54.3 Å². The Balaban J connectivity index is 2.49. The van der Waals surface area contributed by atoms with E-state index in [9.17, 15) is 9.59 Å². The Morgan fingerprint density at radius 3 is 2.64 bits per heavy atom. The van der Waals surface area contributed by atoms with Crippen molar-refractivity contribution in [3.8, 4) is 0 Å². The van der Waals surface area contributed by atoms with Gasteiger partial charge in [-0.1, -0.05) is 0 Å². The molecule has 6 heteroatoms. The van der Waals surface area contributed by atoms with Crippen LogP contribution in [0.2, 0.25) is 0 Å². The Labute approximate surface area is 82.0 Å². The maximum atomic E-state index is 11.5. The number of hydrogen-bond acceptors (Lipinski definition) is 3. The Morgan fingerprint density at radius 2 is 2.21 bits per heavy atom. The fourth-order valence-electron chi connectivity index (χ4n) is 1.48. The minimum Gasteiger partial charge on any atom is -0.465 e. The van der Waals surface area contributed by atoms with E-state index in [0.717, 1.165) is 5.06 Å². The molecule has 1 N–H and O–H groups in total. The molecule has 0 aromatic carbocycles. The second-order valence-electron chi connectivity index (χ2n) is 3.23. The summed E-state index contributed by atoms with van der Waals surface area (Å²) in [6.45, 7) is 0.686. The van der Waals surface area contributed by atoms with Gasteiger partial charge in [-0.15, -0.1) is 0 Å². The number of hydroxylamine groups is 2. The molecule has 6 nitrogen and oxygen atoms in total. The van der Waals surface area contributed by atoms with E-state index in [1.807, 2.05) is 0 Å². The van der Waals surface area contributed by atoms with Gasteiger partial charge < -0.3 is 10.0 Å². The van der Waals surface area contributed by atoms with Gasteiger partial charge in [-0.05, 0) is 6.42 Å². The zero-order valence-electron chi connectivity index (χ0n) is 8.27. The zero-order valence-corrected chi connectivity index (χ0v) is 8.27. The van der Waals surface area contributed by atoms with Gasteiger partial charge in [-0.2, -0.15) is 0 Å². The lowest BCUT2D eigenvalue weighted by Gasteiger charge is -2.18. The van der Waals surface area contributed by atoms with Crippen molar-refractivity contribution in [1.29, 1.82) is 0 Å². The average Bonchev–Trinajstić information content (AvgIpc) is 2.64. The molecule has 0 aromatic rings. The summed E-state index contributed by atoms with van der Waals surface area (Å²) in [7, 11) is 2.92. The first kappa shape index (κ1) is 10.8. The third-order valence-electron chi connectivity index (χ3n) is 2.39. The third kappa shape index (κ3) is 2.14. The molecule has 1 rings (SSSR count). The van der Waals surface area contributed by atoms with E-state index in [1.54, 1.807) is 0 Å². The molecule has 1 fully saturated rings. The fraction of sp³-hybridized carbons (Fsp3) is 0.750. The minimum atomic E-state index is -0.972. The quantitative estimate of drug-likeness (QED) is 0.640. The number of hydrogen-bond donors (Lipinski definition) is 1. The molecule has 1 aliphatic heterocycles. The standard InChI is InChI=1S/C8H14N2O4/c1-9(14-2)7(11)6-3-4-10(5-6)8(12)13/h6H,3-5H2,1-2H3,(H,12,13).